The number of rotatable bonds is 4. The second-order valence-corrected chi connectivity index (χ2v) is 5.43. The molecule has 1 fully saturated rings. The first kappa shape index (κ1) is 15.0. The summed E-state index contributed by atoms with van der Waals surface area (Å²) in [5, 5.41) is 3.44. The average Bonchev–Trinajstić information content (AvgIpc) is 2.89. The van der Waals surface area contributed by atoms with Crippen molar-refractivity contribution in [3.8, 4) is 0 Å². The van der Waals surface area contributed by atoms with Gasteiger partial charge < -0.3 is 19.5 Å². The van der Waals surface area contributed by atoms with E-state index in [1.807, 2.05) is 6.92 Å². The Morgan fingerprint density at radius 2 is 2.25 bits per heavy atom. The minimum Gasteiger partial charge on any atom is -0.448 e. The van der Waals surface area contributed by atoms with Gasteiger partial charge >= 0.3 is 6.09 Å². The van der Waals surface area contributed by atoms with E-state index in [-0.39, 0.29) is 18.0 Å². The summed E-state index contributed by atoms with van der Waals surface area (Å²) in [6.45, 7) is 3.15. The molecule has 0 radical (unpaired) electrons. The first-order valence-electron chi connectivity index (χ1n) is 6.13. The maximum atomic E-state index is 12.1. The molecule has 0 bridgehead atoms. The van der Waals surface area contributed by atoms with Crippen LogP contribution in [0.5, 0.6) is 0 Å². The summed E-state index contributed by atoms with van der Waals surface area (Å²) in [5.41, 5.74) is 0.371. The lowest BCUT2D eigenvalue weighted by molar-refractivity contribution is 0.0922. The van der Waals surface area contributed by atoms with Crippen LogP contribution < -0.4 is 5.32 Å². The zero-order valence-electron chi connectivity index (χ0n) is 11.2. The van der Waals surface area contributed by atoms with Gasteiger partial charge in [-0.15, -0.1) is 0 Å². The van der Waals surface area contributed by atoms with E-state index in [0.717, 1.165) is 0 Å². The van der Waals surface area contributed by atoms with Crippen LogP contribution in [0.4, 0.5) is 4.79 Å². The molecule has 0 spiro atoms. The summed E-state index contributed by atoms with van der Waals surface area (Å²) in [5.74, 6) is -0.290. The van der Waals surface area contributed by atoms with Crippen LogP contribution in [0.2, 0.25) is 10.2 Å². The van der Waals surface area contributed by atoms with Gasteiger partial charge in [-0.2, -0.15) is 0 Å². The van der Waals surface area contributed by atoms with Crippen LogP contribution in [-0.2, 0) is 11.8 Å². The van der Waals surface area contributed by atoms with Gasteiger partial charge in [0.2, 0.25) is 0 Å². The molecule has 1 N–H and O–H groups in total. The Morgan fingerprint density at radius 1 is 1.55 bits per heavy atom. The molecule has 2 amide bonds. The number of hydrogen-bond acceptors (Lipinski definition) is 3. The fourth-order valence-electron chi connectivity index (χ4n) is 2.03. The van der Waals surface area contributed by atoms with Crippen LogP contribution in [0.25, 0.3) is 0 Å². The molecule has 1 aliphatic rings. The van der Waals surface area contributed by atoms with Gasteiger partial charge in [0.25, 0.3) is 5.91 Å². The van der Waals surface area contributed by atoms with Gasteiger partial charge in [-0.05, 0) is 13.0 Å². The van der Waals surface area contributed by atoms with E-state index in [1.54, 1.807) is 11.9 Å². The predicted molar refractivity (Wildman–Crippen MR) is 75.3 cm³/mol. The molecule has 2 heterocycles. The first-order valence-corrected chi connectivity index (χ1v) is 6.89. The van der Waals surface area contributed by atoms with Crippen LogP contribution in [0, 0.1) is 0 Å². The fraction of sp³-hybridized carbons (Fsp3) is 0.500. The van der Waals surface area contributed by atoms with Gasteiger partial charge in [-0.25, -0.2) is 4.79 Å². The molecule has 1 atom stereocenters. The number of cyclic esters (lactones) is 1. The van der Waals surface area contributed by atoms with Gasteiger partial charge in [-0.1, -0.05) is 23.2 Å². The van der Waals surface area contributed by atoms with Crippen molar-refractivity contribution in [3.05, 3.63) is 21.9 Å². The molecule has 1 saturated heterocycles. The molecular weight excluding hydrogens is 305 g/mol. The quantitative estimate of drug-likeness (QED) is 0.922. The molecule has 2 rings (SSSR count). The Morgan fingerprint density at radius 3 is 2.75 bits per heavy atom. The second kappa shape index (κ2) is 5.93. The highest BCUT2D eigenvalue weighted by molar-refractivity contribution is 6.41. The molecule has 1 aromatic rings. The molecule has 1 aromatic heterocycles. The molecule has 0 unspecified atom stereocenters. The molecule has 20 heavy (non-hydrogen) atoms. The average molecular weight is 320 g/mol. The van der Waals surface area contributed by atoms with Gasteiger partial charge in [-0.3, -0.25) is 4.79 Å². The lowest BCUT2D eigenvalue weighted by Crippen LogP contribution is -2.42. The summed E-state index contributed by atoms with van der Waals surface area (Å²) in [7, 11) is 1.66. The number of hydrogen-bond donors (Lipinski definition) is 1. The predicted octanol–water partition coefficient (Wildman–Crippen LogP) is 1.90. The van der Waals surface area contributed by atoms with Gasteiger partial charge in [0.15, 0.2) is 0 Å². The highest BCUT2D eigenvalue weighted by Crippen LogP contribution is 2.25. The lowest BCUT2D eigenvalue weighted by Gasteiger charge is -2.19. The van der Waals surface area contributed by atoms with Crippen molar-refractivity contribution in [3.63, 3.8) is 0 Å². The lowest BCUT2D eigenvalue weighted by atomic mass is 10.3. The fourth-order valence-corrected chi connectivity index (χ4v) is 2.40. The van der Waals surface area contributed by atoms with Crippen molar-refractivity contribution < 1.29 is 14.3 Å². The van der Waals surface area contributed by atoms with Gasteiger partial charge in [0.1, 0.15) is 17.5 Å². The third-order valence-electron chi connectivity index (χ3n) is 3.07. The largest absolute Gasteiger partial charge is 0.448 e. The summed E-state index contributed by atoms with van der Waals surface area (Å²) in [4.78, 5) is 25.0. The van der Waals surface area contributed by atoms with Crippen LogP contribution in [0.15, 0.2) is 6.07 Å². The van der Waals surface area contributed by atoms with E-state index in [1.165, 1.54) is 10.6 Å². The Bertz CT molecular complexity index is 544. The number of ether oxygens (including phenoxy) is 1. The van der Waals surface area contributed by atoms with E-state index in [2.05, 4.69) is 5.32 Å². The van der Waals surface area contributed by atoms with E-state index in [9.17, 15) is 9.59 Å². The topological polar surface area (TPSA) is 63.6 Å². The molecule has 110 valence electrons. The molecule has 6 nitrogen and oxygen atoms in total. The Kier molecular flexibility index (Phi) is 4.45. The second-order valence-electron chi connectivity index (χ2n) is 4.66. The standard InChI is InChI=1S/C12H15Cl2N3O3/c1-7(6-17-3-4-20-12(17)19)15-11(18)9-5-8(13)10(14)16(9)2/h5,7H,3-4,6H2,1-2H3,(H,15,18)/t7-/m0/s1. The van der Waals surface area contributed by atoms with Crippen molar-refractivity contribution in [2.45, 2.75) is 13.0 Å². The van der Waals surface area contributed by atoms with Crippen molar-refractivity contribution >= 4 is 35.2 Å². The number of amides is 2. The smallest absolute Gasteiger partial charge is 0.410 e. The molecule has 0 aliphatic carbocycles. The number of carbonyl (C=O) groups excluding carboxylic acids is 2. The third kappa shape index (κ3) is 3.02. The van der Waals surface area contributed by atoms with E-state index in [4.69, 9.17) is 27.9 Å². The van der Waals surface area contributed by atoms with Crippen LogP contribution in [-0.4, -0.2) is 47.2 Å². The number of nitrogens with one attached hydrogen (secondary N) is 1. The minimum absolute atomic E-state index is 0.208. The van der Waals surface area contributed by atoms with Crippen molar-refractivity contribution in [1.29, 1.82) is 0 Å². The maximum absolute atomic E-state index is 12.1. The van der Waals surface area contributed by atoms with E-state index in [0.29, 0.717) is 35.6 Å². The summed E-state index contributed by atoms with van der Waals surface area (Å²) in [6, 6.07) is 1.30. The zero-order valence-corrected chi connectivity index (χ0v) is 12.7. The first-order chi connectivity index (χ1) is 9.40. The number of halogens is 2. The zero-order chi connectivity index (χ0) is 14.9. The van der Waals surface area contributed by atoms with E-state index < -0.39 is 0 Å². The molecule has 0 saturated carbocycles. The van der Waals surface area contributed by atoms with Crippen LogP contribution in [0.3, 0.4) is 0 Å². The maximum Gasteiger partial charge on any atom is 0.410 e. The summed E-state index contributed by atoms with van der Waals surface area (Å²) in [6.07, 6.45) is -0.351. The third-order valence-corrected chi connectivity index (χ3v) is 3.91. The normalized spacial score (nSPS) is 16.2. The highest BCUT2D eigenvalue weighted by Gasteiger charge is 2.25. The van der Waals surface area contributed by atoms with Crippen LogP contribution in [0.1, 0.15) is 17.4 Å². The van der Waals surface area contributed by atoms with Crippen molar-refractivity contribution in [2.24, 2.45) is 7.05 Å². The Hall–Kier alpha value is -1.40. The SMILES string of the molecule is C[C@@H](CN1CCOC1=O)NC(=O)c1cc(Cl)c(Cl)n1C. The minimum atomic E-state index is -0.351. The highest BCUT2D eigenvalue weighted by atomic mass is 35.5. The number of carbonyl (C=O) groups is 2. The Balaban J connectivity index is 1.96. The Labute approximate surface area is 126 Å². The molecule has 1 aliphatic heterocycles. The van der Waals surface area contributed by atoms with Crippen molar-refractivity contribution in [2.75, 3.05) is 19.7 Å². The van der Waals surface area contributed by atoms with Gasteiger partial charge in [0, 0.05) is 19.6 Å². The van der Waals surface area contributed by atoms with Crippen molar-refractivity contribution in [1.82, 2.24) is 14.8 Å². The van der Waals surface area contributed by atoms with E-state index >= 15 is 0 Å². The van der Waals surface area contributed by atoms with Crippen LogP contribution >= 0.6 is 23.2 Å². The molecular formula is C12H15Cl2N3O3. The van der Waals surface area contributed by atoms with Gasteiger partial charge in [0.05, 0.1) is 11.6 Å². The monoisotopic (exact) mass is 319 g/mol. The molecule has 0 aromatic carbocycles. The number of nitrogens with zero attached hydrogens (tertiary/aromatic N) is 2. The summed E-state index contributed by atoms with van der Waals surface area (Å²) >= 11 is 11.8. The number of aromatic nitrogens is 1. The summed E-state index contributed by atoms with van der Waals surface area (Å²) < 4.78 is 6.34. The molecule has 8 heteroatoms.